The summed E-state index contributed by atoms with van der Waals surface area (Å²) in [6.45, 7) is 0.502. The van der Waals surface area contributed by atoms with Gasteiger partial charge < -0.3 is 4.74 Å². The number of imidazole rings is 1. The minimum Gasteiger partial charge on any atom is -0.468 e. The van der Waals surface area contributed by atoms with Gasteiger partial charge in [0, 0.05) is 24.0 Å². The lowest BCUT2D eigenvalue weighted by molar-refractivity contribution is -0.143. The quantitative estimate of drug-likeness (QED) is 0.168. The fourth-order valence-corrected chi connectivity index (χ4v) is 7.23. The van der Waals surface area contributed by atoms with Crippen LogP contribution in [0.1, 0.15) is 27.9 Å². The maximum atomic E-state index is 12.7. The van der Waals surface area contributed by atoms with Crippen LogP contribution in [0.3, 0.4) is 0 Å². The molecule has 1 N–H and O–H groups in total. The van der Waals surface area contributed by atoms with E-state index < -0.39 is 11.6 Å². The summed E-state index contributed by atoms with van der Waals surface area (Å²) in [5, 5.41) is 4.57. The number of carbonyl (C=O) groups is 1. The number of hydrogen-bond donors (Lipinski definition) is 1. The van der Waals surface area contributed by atoms with Crippen LogP contribution in [0.4, 0.5) is 0 Å². The van der Waals surface area contributed by atoms with E-state index in [1.807, 2.05) is 6.07 Å². The number of methoxy groups -OCH3 is 1. The Bertz CT molecular complexity index is 2050. The normalized spacial score (nSPS) is 14.8. The molecule has 220 valence electrons. The van der Waals surface area contributed by atoms with E-state index in [0.29, 0.717) is 13.0 Å². The second-order valence-electron chi connectivity index (χ2n) is 11.5. The van der Waals surface area contributed by atoms with Crippen molar-refractivity contribution in [3.8, 4) is 5.95 Å². The third kappa shape index (κ3) is 4.14. The first kappa shape index (κ1) is 27.1. The molecule has 8 rings (SSSR count). The van der Waals surface area contributed by atoms with Gasteiger partial charge in [0.2, 0.25) is 5.95 Å². The molecule has 5 aromatic carbocycles. The maximum Gasteiger partial charge on any atom is 0.323 e. The van der Waals surface area contributed by atoms with Gasteiger partial charge in [-0.2, -0.15) is 0 Å². The SMILES string of the molecule is COC(=O)[C@@H]1Cc2c(n(-c3nc4ccccc4n3C(c3ccccc3)(c3ccccc3)c3ccccc3)c3ccccc23)CN1. The monoisotopic (exact) mass is 588 g/mol. The van der Waals surface area contributed by atoms with Gasteiger partial charge in [0.1, 0.15) is 11.6 Å². The molecule has 0 saturated carbocycles. The van der Waals surface area contributed by atoms with Crippen LogP contribution >= 0.6 is 0 Å². The summed E-state index contributed by atoms with van der Waals surface area (Å²) in [5.41, 5.74) is 7.81. The van der Waals surface area contributed by atoms with Crippen molar-refractivity contribution in [3.63, 3.8) is 0 Å². The fourth-order valence-electron chi connectivity index (χ4n) is 7.23. The number of fused-ring (bicyclic) bond motifs is 4. The molecule has 0 amide bonds. The van der Waals surface area contributed by atoms with Gasteiger partial charge in [-0.1, -0.05) is 121 Å². The largest absolute Gasteiger partial charge is 0.468 e. The van der Waals surface area contributed by atoms with E-state index in [1.54, 1.807) is 0 Å². The Morgan fingerprint density at radius 3 is 1.87 bits per heavy atom. The molecule has 0 radical (unpaired) electrons. The van der Waals surface area contributed by atoms with Crippen LogP contribution in [0.2, 0.25) is 0 Å². The number of ether oxygens (including phenoxy) is 1. The first-order chi connectivity index (χ1) is 22.2. The minimum atomic E-state index is -0.774. The summed E-state index contributed by atoms with van der Waals surface area (Å²) in [6, 6.07) is 48.5. The molecular weight excluding hydrogens is 556 g/mol. The smallest absolute Gasteiger partial charge is 0.323 e. The molecule has 0 spiro atoms. The van der Waals surface area contributed by atoms with Crippen molar-refractivity contribution < 1.29 is 9.53 Å². The van der Waals surface area contributed by atoms with Crippen molar-refractivity contribution in [1.82, 2.24) is 19.4 Å². The van der Waals surface area contributed by atoms with E-state index in [0.717, 1.165) is 55.8 Å². The molecule has 45 heavy (non-hydrogen) atoms. The number of esters is 1. The highest BCUT2D eigenvalue weighted by Gasteiger charge is 2.42. The van der Waals surface area contributed by atoms with E-state index in [4.69, 9.17) is 9.72 Å². The molecule has 2 aromatic heterocycles. The van der Waals surface area contributed by atoms with E-state index in [9.17, 15) is 4.79 Å². The third-order valence-corrected chi connectivity index (χ3v) is 9.15. The predicted molar refractivity (Wildman–Crippen MR) is 178 cm³/mol. The number of benzene rings is 5. The van der Waals surface area contributed by atoms with Crippen LogP contribution in [0.25, 0.3) is 27.9 Å². The zero-order valence-corrected chi connectivity index (χ0v) is 24.9. The Hall–Kier alpha value is -5.46. The first-order valence-corrected chi connectivity index (χ1v) is 15.3. The predicted octanol–water partition coefficient (Wildman–Crippen LogP) is 7.01. The number of para-hydroxylation sites is 3. The molecule has 0 bridgehead atoms. The van der Waals surface area contributed by atoms with E-state index in [2.05, 4.69) is 148 Å². The first-order valence-electron chi connectivity index (χ1n) is 15.3. The highest BCUT2D eigenvalue weighted by atomic mass is 16.5. The number of hydrogen-bond acceptors (Lipinski definition) is 4. The summed E-state index contributed by atoms with van der Waals surface area (Å²) < 4.78 is 9.85. The molecule has 0 fully saturated rings. The van der Waals surface area contributed by atoms with Crippen LogP contribution in [0.15, 0.2) is 140 Å². The van der Waals surface area contributed by atoms with Crippen LogP contribution in [0.5, 0.6) is 0 Å². The van der Waals surface area contributed by atoms with Crippen molar-refractivity contribution in [2.75, 3.05) is 7.11 Å². The number of rotatable bonds is 6. The summed E-state index contributed by atoms with van der Waals surface area (Å²) in [4.78, 5) is 18.1. The average Bonchev–Trinajstić information content (AvgIpc) is 3.65. The second kappa shape index (κ2) is 10.9. The van der Waals surface area contributed by atoms with Crippen molar-refractivity contribution in [2.45, 2.75) is 24.5 Å². The topological polar surface area (TPSA) is 61.1 Å². The lowest BCUT2D eigenvalue weighted by atomic mass is 9.76. The van der Waals surface area contributed by atoms with Crippen LogP contribution in [-0.4, -0.2) is 33.2 Å². The Balaban J connectivity index is 1.53. The Labute approximate surface area is 261 Å². The Kier molecular flexibility index (Phi) is 6.58. The molecule has 0 unspecified atom stereocenters. The van der Waals surface area contributed by atoms with Gasteiger partial charge in [-0.3, -0.25) is 19.2 Å². The maximum absolute atomic E-state index is 12.7. The van der Waals surface area contributed by atoms with Gasteiger partial charge in [0.25, 0.3) is 0 Å². The Morgan fingerprint density at radius 2 is 1.27 bits per heavy atom. The molecule has 3 heterocycles. The number of nitrogens with zero attached hydrogens (tertiary/aromatic N) is 3. The van der Waals surface area contributed by atoms with Gasteiger partial charge in [0.05, 0.1) is 23.7 Å². The minimum absolute atomic E-state index is 0.249. The molecule has 1 aliphatic rings. The zero-order valence-electron chi connectivity index (χ0n) is 24.9. The van der Waals surface area contributed by atoms with Crippen LogP contribution in [-0.2, 0) is 28.0 Å². The molecule has 1 aliphatic heterocycles. The lowest BCUT2D eigenvalue weighted by Crippen LogP contribution is -2.43. The summed E-state index contributed by atoms with van der Waals surface area (Å²) in [5.74, 6) is 0.560. The fraction of sp³-hybridized carbons (Fsp3) is 0.128. The van der Waals surface area contributed by atoms with Crippen molar-refractivity contribution >= 4 is 27.9 Å². The molecular formula is C39H32N4O2. The van der Waals surface area contributed by atoms with Gasteiger partial charge >= 0.3 is 5.97 Å². The molecule has 6 heteroatoms. The highest BCUT2D eigenvalue weighted by molar-refractivity contribution is 5.90. The van der Waals surface area contributed by atoms with Crippen molar-refractivity contribution in [3.05, 3.63) is 167 Å². The van der Waals surface area contributed by atoms with Gasteiger partial charge in [-0.05, 0) is 40.5 Å². The average molecular weight is 589 g/mol. The van der Waals surface area contributed by atoms with Gasteiger partial charge in [0.15, 0.2) is 0 Å². The molecule has 0 saturated heterocycles. The van der Waals surface area contributed by atoms with E-state index in [-0.39, 0.29) is 5.97 Å². The standard InChI is InChI=1S/C39H32N4O2/c1-45-37(44)33-25-31-30-21-11-13-23-34(30)42(36(31)26-40-33)38-41-32-22-12-14-24-35(32)43(38)39(27-15-5-2-6-16-27,28-17-7-3-8-18-28)29-19-9-4-10-20-29/h2-24,33,40H,25-26H2,1H3/t33-/m0/s1. The van der Waals surface area contributed by atoms with Crippen LogP contribution in [0, 0.1) is 0 Å². The number of nitrogens with one attached hydrogen (secondary N) is 1. The molecule has 7 aromatic rings. The third-order valence-electron chi connectivity index (χ3n) is 9.15. The van der Waals surface area contributed by atoms with E-state index in [1.165, 1.54) is 7.11 Å². The van der Waals surface area contributed by atoms with Gasteiger partial charge in [-0.25, -0.2) is 4.98 Å². The summed E-state index contributed by atoms with van der Waals surface area (Å²) in [6.07, 6.45) is 0.539. The zero-order chi connectivity index (χ0) is 30.4. The highest BCUT2D eigenvalue weighted by Crippen LogP contribution is 2.45. The molecule has 6 nitrogen and oxygen atoms in total. The van der Waals surface area contributed by atoms with E-state index >= 15 is 0 Å². The Morgan fingerprint density at radius 1 is 0.733 bits per heavy atom. The summed E-state index contributed by atoms with van der Waals surface area (Å²) >= 11 is 0. The van der Waals surface area contributed by atoms with Crippen molar-refractivity contribution in [1.29, 1.82) is 0 Å². The van der Waals surface area contributed by atoms with Crippen LogP contribution < -0.4 is 5.32 Å². The van der Waals surface area contributed by atoms with Crippen molar-refractivity contribution in [2.24, 2.45) is 0 Å². The number of aromatic nitrogens is 3. The number of carbonyl (C=O) groups excluding carboxylic acids is 1. The molecule has 0 aliphatic carbocycles. The van der Waals surface area contributed by atoms with Gasteiger partial charge in [-0.15, -0.1) is 0 Å². The lowest BCUT2D eigenvalue weighted by Gasteiger charge is -2.39. The summed E-state index contributed by atoms with van der Waals surface area (Å²) in [7, 11) is 1.45. The second-order valence-corrected chi connectivity index (χ2v) is 11.5. The molecule has 1 atom stereocenters.